The van der Waals surface area contributed by atoms with Crippen molar-refractivity contribution in [1.82, 2.24) is 0 Å². The highest BCUT2D eigenvalue weighted by Crippen LogP contribution is 2.35. The maximum Gasteiger partial charge on any atom is 0.501 e. The Labute approximate surface area is 111 Å². The highest BCUT2D eigenvalue weighted by atomic mass is 35.5. The van der Waals surface area contributed by atoms with E-state index in [-0.39, 0.29) is 16.3 Å². The van der Waals surface area contributed by atoms with Crippen LogP contribution in [0.25, 0.3) is 11.3 Å². The smallest absolute Gasteiger partial charge is 0.464 e. The third-order valence-corrected chi connectivity index (χ3v) is 4.15. The molecule has 8 heteroatoms. The molecule has 3 nitrogen and oxygen atoms in total. The molecule has 0 unspecified atom stereocenters. The van der Waals surface area contributed by atoms with Crippen LogP contribution in [0.5, 0.6) is 0 Å². The molecule has 1 heterocycles. The Morgan fingerprint density at radius 1 is 1.16 bits per heavy atom. The number of alkyl halides is 3. The summed E-state index contributed by atoms with van der Waals surface area (Å²) in [4.78, 5) is -0.879. The Kier molecular flexibility index (Phi) is 3.36. The van der Waals surface area contributed by atoms with Gasteiger partial charge in [0.2, 0.25) is 0 Å². The minimum atomic E-state index is -5.41. The van der Waals surface area contributed by atoms with E-state index >= 15 is 0 Å². The quantitative estimate of drug-likeness (QED) is 0.845. The standard InChI is InChI=1S/C11H6ClF3O3S/c12-9-4-3-7(19(16,17)11(13,14)15)6-8(9)10-2-1-5-18-10/h1-6H. The lowest BCUT2D eigenvalue weighted by atomic mass is 10.2. The molecule has 0 amide bonds. The molecule has 0 radical (unpaired) electrons. The first-order chi connectivity index (χ1) is 8.73. The summed E-state index contributed by atoms with van der Waals surface area (Å²) in [6.07, 6.45) is 1.30. The number of halogens is 4. The van der Waals surface area contributed by atoms with Crippen molar-refractivity contribution in [3.8, 4) is 11.3 Å². The molecule has 1 aromatic heterocycles. The zero-order chi connectivity index (χ0) is 14.3. The molecule has 0 aliphatic rings. The van der Waals surface area contributed by atoms with E-state index in [4.69, 9.17) is 16.0 Å². The first-order valence-corrected chi connectivity index (χ1v) is 6.74. The molecule has 0 aliphatic heterocycles. The molecular formula is C11H6ClF3O3S. The SMILES string of the molecule is O=S(=O)(c1ccc(Cl)c(-c2ccco2)c1)C(F)(F)F. The van der Waals surface area contributed by atoms with Gasteiger partial charge in [-0.15, -0.1) is 0 Å². The fourth-order valence-electron chi connectivity index (χ4n) is 1.43. The van der Waals surface area contributed by atoms with Gasteiger partial charge in [-0.1, -0.05) is 11.6 Å². The molecule has 0 bridgehead atoms. The van der Waals surface area contributed by atoms with Gasteiger partial charge in [0.1, 0.15) is 5.76 Å². The van der Waals surface area contributed by atoms with Gasteiger partial charge in [0.25, 0.3) is 9.84 Å². The first kappa shape index (κ1) is 14.0. The van der Waals surface area contributed by atoms with Gasteiger partial charge in [-0.05, 0) is 30.3 Å². The lowest BCUT2D eigenvalue weighted by Gasteiger charge is -2.09. The summed E-state index contributed by atoms with van der Waals surface area (Å²) in [6, 6.07) is 5.70. The number of rotatable bonds is 2. The number of furan rings is 1. The molecule has 0 aliphatic carbocycles. The molecule has 1 aromatic carbocycles. The molecule has 0 spiro atoms. The van der Waals surface area contributed by atoms with E-state index in [9.17, 15) is 21.6 Å². The van der Waals surface area contributed by atoms with E-state index in [1.807, 2.05) is 0 Å². The van der Waals surface area contributed by atoms with E-state index in [2.05, 4.69) is 0 Å². The van der Waals surface area contributed by atoms with Crippen molar-refractivity contribution < 1.29 is 26.0 Å². The summed E-state index contributed by atoms with van der Waals surface area (Å²) in [6.45, 7) is 0. The van der Waals surface area contributed by atoms with Crippen LogP contribution < -0.4 is 0 Å². The van der Waals surface area contributed by atoms with E-state index in [1.165, 1.54) is 18.4 Å². The van der Waals surface area contributed by atoms with Crippen LogP contribution in [0.2, 0.25) is 5.02 Å². The van der Waals surface area contributed by atoms with Crippen LogP contribution >= 0.6 is 11.6 Å². The number of hydrogen-bond acceptors (Lipinski definition) is 3. The zero-order valence-corrected chi connectivity index (χ0v) is 10.7. The van der Waals surface area contributed by atoms with Crippen molar-refractivity contribution in [2.45, 2.75) is 10.4 Å². The zero-order valence-electron chi connectivity index (χ0n) is 9.11. The second-order valence-electron chi connectivity index (χ2n) is 3.57. The summed E-state index contributed by atoms with van der Waals surface area (Å²) in [7, 11) is -5.41. The molecule has 0 N–H and O–H groups in total. The third kappa shape index (κ3) is 2.48. The van der Waals surface area contributed by atoms with Crippen LogP contribution in [-0.4, -0.2) is 13.9 Å². The van der Waals surface area contributed by atoms with Crippen LogP contribution in [0.3, 0.4) is 0 Å². The maximum atomic E-state index is 12.4. The highest BCUT2D eigenvalue weighted by Gasteiger charge is 2.47. The molecule has 0 saturated carbocycles. The summed E-state index contributed by atoms with van der Waals surface area (Å²) in [5.74, 6) is 0.184. The van der Waals surface area contributed by atoms with Crippen molar-refractivity contribution in [1.29, 1.82) is 0 Å². The molecule has 0 saturated heterocycles. The van der Waals surface area contributed by atoms with Crippen molar-refractivity contribution in [2.75, 3.05) is 0 Å². The average molecular weight is 311 g/mol. The van der Waals surface area contributed by atoms with Crippen LogP contribution in [0.4, 0.5) is 13.2 Å². The molecule has 2 aromatic rings. The molecule has 102 valence electrons. The molecule has 19 heavy (non-hydrogen) atoms. The summed E-state index contributed by atoms with van der Waals surface area (Å²) < 4.78 is 64.9. The Balaban J connectivity index is 2.61. The lowest BCUT2D eigenvalue weighted by molar-refractivity contribution is -0.0435. The van der Waals surface area contributed by atoms with Gasteiger partial charge in [0.15, 0.2) is 0 Å². The number of hydrogen-bond donors (Lipinski definition) is 0. The van der Waals surface area contributed by atoms with Crippen molar-refractivity contribution >= 4 is 21.4 Å². The largest absolute Gasteiger partial charge is 0.501 e. The van der Waals surface area contributed by atoms with Gasteiger partial charge in [-0.25, -0.2) is 8.42 Å². The predicted molar refractivity (Wildman–Crippen MR) is 62.4 cm³/mol. The second kappa shape index (κ2) is 4.57. The second-order valence-corrected chi connectivity index (χ2v) is 5.92. The monoisotopic (exact) mass is 310 g/mol. The van der Waals surface area contributed by atoms with Gasteiger partial charge in [0, 0.05) is 5.56 Å². The fraction of sp³-hybridized carbons (Fsp3) is 0.0909. The number of sulfone groups is 1. The van der Waals surface area contributed by atoms with Gasteiger partial charge in [-0.2, -0.15) is 13.2 Å². The van der Waals surface area contributed by atoms with Crippen LogP contribution in [0.15, 0.2) is 45.9 Å². The predicted octanol–water partition coefficient (Wildman–Crippen LogP) is 3.89. The van der Waals surface area contributed by atoms with E-state index < -0.39 is 20.2 Å². The van der Waals surface area contributed by atoms with Crippen LogP contribution in [0.1, 0.15) is 0 Å². The minimum absolute atomic E-state index is 0.0805. The van der Waals surface area contributed by atoms with Crippen LogP contribution in [-0.2, 0) is 9.84 Å². The first-order valence-electron chi connectivity index (χ1n) is 4.88. The maximum absolute atomic E-state index is 12.4. The van der Waals surface area contributed by atoms with Crippen molar-refractivity contribution in [3.63, 3.8) is 0 Å². The van der Waals surface area contributed by atoms with Crippen molar-refractivity contribution in [3.05, 3.63) is 41.6 Å². The highest BCUT2D eigenvalue weighted by molar-refractivity contribution is 7.92. The van der Waals surface area contributed by atoms with Gasteiger partial charge >= 0.3 is 5.51 Å². The molecule has 0 fully saturated rings. The third-order valence-electron chi connectivity index (χ3n) is 2.34. The topological polar surface area (TPSA) is 47.3 Å². The Morgan fingerprint density at radius 2 is 1.84 bits per heavy atom. The van der Waals surface area contributed by atoms with Gasteiger partial charge < -0.3 is 4.42 Å². The van der Waals surface area contributed by atoms with E-state index in [0.29, 0.717) is 0 Å². The van der Waals surface area contributed by atoms with E-state index in [0.717, 1.165) is 18.2 Å². The van der Waals surface area contributed by atoms with Gasteiger partial charge in [-0.3, -0.25) is 0 Å². The Morgan fingerprint density at radius 3 is 2.37 bits per heavy atom. The van der Waals surface area contributed by atoms with E-state index in [1.54, 1.807) is 0 Å². The normalized spacial score (nSPS) is 12.6. The summed E-state index contributed by atoms with van der Waals surface area (Å²) in [5.41, 5.74) is -5.28. The Hall–Kier alpha value is -1.47. The molecule has 2 rings (SSSR count). The Bertz CT molecular complexity index is 690. The fourth-order valence-corrected chi connectivity index (χ4v) is 2.42. The van der Waals surface area contributed by atoms with Crippen molar-refractivity contribution in [2.24, 2.45) is 0 Å². The molecular weight excluding hydrogens is 305 g/mol. The van der Waals surface area contributed by atoms with Crippen LogP contribution in [0, 0.1) is 0 Å². The average Bonchev–Trinajstić information content (AvgIpc) is 2.81. The number of benzene rings is 1. The minimum Gasteiger partial charge on any atom is -0.464 e. The summed E-state index contributed by atoms with van der Waals surface area (Å²) >= 11 is 5.82. The summed E-state index contributed by atoms with van der Waals surface area (Å²) in [5, 5.41) is 0.0936. The van der Waals surface area contributed by atoms with Gasteiger partial charge in [0.05, 0.1) is 16.2 Å². The molecule has 0 atom stereocenters. The lowest BCUT2D eigenvalue weighted by Crippen LogP contribution is -2.23.